The highest BCUT2D eigenvalue weighted by molar-refractivity contribution is 5.76. The molecule has 1 aliphatic carbocycles. The molecule has 3 rings (SSSR count). The van der Waals surface area contributed by atoms with Crippen molar-refractivity contribution in [3.63, 3.8) is 0 Å². The number of piperidine rings is 1. The van der Waals surface area contributed by atoms with Gasteiger partial charge in [0.25, 0.3) is 0 Å². The van der Waals surface area contributed by atoms with E-state index >= 15 is 0 Å². The Labute approximate surface area is 96.7 Å². The van der Waals surface area contributed by atoms with Gasteiger partial charge in [0.15, 0.2) is 0 Å². The van der Waals surface area contributed by atoms with E-state index in [2.05, 4.69) is 11.0 Å². The molecule has 2 bridgehead atoms. The zero-order valence-corrected chi connectivity index (χ0v) is 9.69. The van der Waals surface area contributed by atoms with E-state index in [1.807, 2.05) is 0 Å². The van der Waals surface area contributed by atoms with Gasteiger partial charge < -0.3 is 5.73 Å². The molecule has 3 aliphatic rings. The summed E-state index contributed by atoms with van der Waals surface area (Å²) >= 11 is 0. The number of fused-ring (bicyclic) bond motifs is 2. The third-order valence-corrected chi connectivity index (χ3v) is 4.20. The number of hydrogen-bond acceptors (Lipinski definition) is 2. The number of allylic oxidation sites excluding steroid dienone is 1. The van der Waals surface area contributed by atoms with Crippen LogP contribution in [0.15, 0.2) is 11.6 Å². The zero-order chi connectivity index (χ0) is 11.1. The maximum absolute atomic E-state index is 11.0. The number of rotatable bonds is 3. The zero-order valence-electron chi connectivity index (χ0n) is 9.69. The fourth-order valence-corrected chi connectivity index (χ4v) is 3.31. The van der Waals surface area contributed by atoms with Crippen LogP contribution in [0.1, 0.15) is 38.5 Å². The van der Waals surface area contributed by atoms with Crippen molar-refractivity contribution in [3.05, 3.63) is 11.6 Å². The summed E-state index contributed by atoms with van der Waals surface area (Å²) in [5.74, 6) is 0.712. The van der Waals surface area contributed by atoms with Crippen LogP contribution in [0.4, 0.5) is 0 Å². The minimum atomic E-state index is -0.175. The minimum absolute atomic E-state index is 0.175. The summed E-state index contributed by atoms with van der Waals surface area (Å²) in [5.41, 5.74) is 6.95. The van der Waals surface area contributed by atoms with Crippen molar-refractivity contribution < 1.29 is 4.79 Å². The third kappa shape index (κ3) is 2.01. The summed E-state index contributed by atoms with van der Waals surface area (Å²) in [6, 6.07) is 1.19. The minimum Gasteiger partial charge on any atom is -0.369 e. The predicted molar refractivity (Wildman–Crippen MR) is 62.8 cm³/mol. The molecule has 1 amide bonds. The van der Waals surface area contributed by atoms with Gasteiger partial charge in [-0.25, -0.2) is 0 Å². The first-order valence-corrected chi connectivity index (χ1v) is 6.46. The number of carbonyl (C=O) groups is 1. The lowest BCUT2D eigenvalue weighted by atomic mass is 9.95. The number of primary amides is 1. The van der Waals surface area contributed by atoms with E-state index in [0.29, 0.717) is 18.6 Å². The molecule has 0 aromatic rings. The van der Waals surface area contributed by atoms with Crippen molar-refractivity contribution in [3.8, 4) is 0 Å². The molecule has 3 fully saturated rings. The Morgan fingerprint density at radius 1 is 1.25 bits per heavy atom. The quantitative estimate of drug-likeness (QED) is 0.731. The van der Waals surface area contributed by atoms with Crippen molar-refractivity contribution in [2.75, 3.05) is 6.54 Å². The van der Waals surface area contributed by atoms with E-state index in [4.69, 9.17) is 5.73 Å². The fraction of sp³-hybridized carbons (Fsp3) is 0.769. The van der Waals surface area contributed by atoms with Gasteiger partial charge in [-0.2, -0.15) is 0 Å². The Morgan fingerprint density at radius 2 is 1.88 bits per heavy atom. The standard InChI is InChI=1S/C13H20N2O/c14-13(16)8-15-11-3-4-12(15)7-10(6-11)5-9-1-2-9/h5,9,11-12H,1-4,6-8H2,(H2,14,16). The molecular formula is C13H20N2O. The summed E-state index contributed by atoms with van der Waals surface area (Å²) < 4.78 is 0. The van der Waals surface area contributed by atoms with Gasteiger partial charge in [-0.05, 0) is 44.4 Å². The van der Waals surface area contributed by atoms with Crippen LogP contribution in [0.5, 0.6) is 0 Å². The molecule has 2 saturated heterocycles. The second-order valence-electron chi connectivity index (χ2n) is 5.59. The van der Waals surface area contributed by atoms with Gasteiger partial charge in [-0.1, -0.05) is 11.6 Å². The van der Waals surface area contributed by atoms with Crippen molar-refractivity contribution in [2.24, 2.45) is 11.7 Å². The van der Waals surface area contributed by atoms with Gasteiger partial charge in [-0.3, -0.25) is 9.69 Å². The van der Waals surface area contributed by atoms with Crippen molar-refractivity contribution >= 4 is 5.91 Å². The summed E-state index contributed by atoms with van der Waals surface area (Å²) in [6.07, 6.45) is 10.2. The number of hydrogen-bond donors (Lipinski definition) is 1. The maximum Gasteiger partial charge on any atom is 0.231 e. The highest BCUT2D eigenvalue weighted by Gasteiger charge is 2.39. The Balaban J connectivity index is 1.68. The lowest BCUT2D eigenvalue weighted by Crippen LogP contribution is -2.45. The number of amides is 1. The van der Waals surface area contributed by atoms with E-state index < -0.39 is 0 Å². The maximum atomic E-state index is 11.0. The summed E-state index contributed by atoms with van der Waals surface area (Å²) in [4.78, 5) is 13.4. The van der Waals surface area contributed by atoms with Crippen LogP contribution in [0.25, 0.3) is 0 Å². The molecular weight excluding hydrogens is 200 g/mol. The van der Waals surface area contributed by atoms with Gasteiger partial charge in [0.05, 0.1) is 6.54 Å². The molecule has 3 heteroatoms. The average Bonchev–Trinajstić information content (AvgIpc) is 2.98. The monoisotopic (exact) mass is 220 g/mol. The molecule has 0 radical (unpaired) electrons. The molecule has 0 aromatic heterocycles. The predicted octanol–water partition coefficient (Wildman–Crippen LogP) is 1.43. The fourth-order valence-electron chi connectivity index (χ4n) is 3.31. The lowest BCUT2D eigenvalue weighted by Gasteiger charge is -2.35. The van der Waals surface area contributed by atoms with Crippen LogP contribution in [0.2, 0.25) is 0 Å². The molecule has 2 N–H and O–H groups in total. The Kier molecular flexibility index (Phi) is 2.51. The molecule has 1 saturated carbocycles. The van der Waals surface area contributed by atoms with Crippen LogP contribution < -0.4 is 5.73 Å². The third-order valence-electron chi connectivity index (χ3n) is 4.20. The summed E-state index contributed by atoms with van der Waals surface area (Å²) in [5, 5.41) is 0. The number of nitrogens with zero attached hydrogens (tertiary/aromatic N) is 1. The number of carbonyl (C=O) groups excluding carboxylic acids is 1. The Morgan fingerprint density at radius 3 is 2.38 bits per heavy atom. The van der Waals surface area contributed by atoms with Crippen LogP contribution in [0.3, 0.4) is 0 Å². The van der Waals surface area contributed by atoms with Gasteiger partial charge >= 0.3 is 0 Å². The second kappa shape index (κ2) is 3.88. The Hall–Kier alpha value is -0.830. The smallest absolute Gasteiger partial charge is 0.231 e. The van der Waals surface area contributed by atoms with E-state index in [1.54, 1.807) is 5.57 Å². The normalized spacial score (nSPS) is 34.1. The molecule has 2 heterocycles. The van der Waals surface area contributed by atoms with Crippen molar-refractivity contribution in [1.29, 1.82) is 0 Å². The molecule has 88 valence electrons. The van der Waals surface area contributed by atoms with Crippen LogP contribution in [-0.4, -0.2) is 29.4 Å². The molecule has 0 spiro atoms. The van der Waals surface area contributed by atoms with Crippen LogP contribution in [0, 0.1) is 5.92 Å². The molecule has 2 aliphatic heterocycles. The van der Waals surface area contributed by atoms with Crippen molar-refractivity contribution in [1.82, 2.24) is 4.90 Å². The highest BCUT2D eigenvalue weighted by atomic mass is 16.1. The van der Waals surface area contributed by atoms with Gasteiger partial charge in [-0.15, -0.1) is 0 Å². The van der Waals surface area contributed by atoms with Crippen molar-refractivity contribution in [2.45, 2.75) is 50.6 Å². The largest absolute Gasteiger partial charge is 0.369 e. The highest BCUT2D eigenvalue weighted by Crippen LogP contribution is 2.41. The second-order valence-corrected chi connectivity index (χ2v) is 5.59. The first kappa shape index (κ1) is 10.3. The molecule has 3 nitrogen and oxygen atoms in total. The average molecular weight is 220 g/mol. The lowest BCUT2D eigenvalue weighted by molar-refractivity contribution is -0.120. The molecule has 16 heavy (non-hydrogen) atoms. The molecule has 2 atom stereocenters. The van der Waals surface area contributed by atoms with E-state index in [-0.39, 0.29) is 5.91 Å². The van der Waals surface area contributed by atoms with Gasteiger partial charge in [0.1, 0.15) is 0 Å². The van der Waals surface area contributed by atoms with Gasteiger partial charge in [0, 0.05) is 12.1 Å². The van der Waals surface area contributed by atoms with E-state index in [9.17, 15) is 4.79 Å². The van der Waals surface area contributed by atoms with Crippen LogP contribution in [-0.2, 0) is 4.79 Å². The van der Waals surface area contributed by atoms with Gasteiger partial charge in [0.2, 0.25) is 5.91 Å². The number of nitrogens with two attached hydrogens (primary N) is 1. The first-order valence-electron chi connectivity index (χ1n) is 6.46. The summed E-state index contributed by atoms with van der Waals surface area (Å²) in [6.45, 7) is 0.464. The molecule has 2 unspecified atom stereocenters. The summed E-state index contributed by atoms with van der Waals surface area (Å²) in [7, 11) is 0. The van der Waals surface area contributed by atoms with E-state index in [0.717, 1.165) is 5.92 Å². The first-order chi connectivity index (χ1) is 7.72. The Bertz CT molecular complexity index is 317. The van der Waals surface area contributed by atoms with Crippen LogP contribution >= 0.6 is 0 Å². The SMILES string of the molecule is NC(=O)CN1C2CCC1CC(=CC1CC1)C2. The van der Waals surface area contributed by atoms with E-state index in [1.165, 1.54) is 38.5 Å². The topological polar surface area (TPSA) is 46.3 Å². The molecule has 0 aromatic carbocycles.